The number of carboxylic acids is 1. The highest BCUT2D eigenvalue weighted by atomic mass is 35.5. The maximum absolute atomic E-state index is 15.6. The van der Waals surface area contributed by atoms with Gasteiger partial charge in [0.1, 0.15) is 11.5 Å². The molecule has 2 N–H and O–H groups in total. The smallest absolute Gasteiger partial charge is 0.334 e. The number of ketones is 2. The summed E-state index contributed by atoms with van der Waals surface area (Å²) in [7, 11) is 0. The maximum atomic E-state index is 15.6. The molecular weight excluding hydrogens is 420 g/mol. The van der Waals surface area contributed by atoms with E-state index >= 15 is 4.39 Å². The molecule has 2 aliphatic heterocycles. The first kappa shape index (κ1) is 22.4. The number of fused-ring (bicyclic) bond motifs is 1. The van der Waals surface area contributed by atoms with Crippen LogP contribution in [0, 0.1) is 17.6 Å². The molecule has 1 saturated heterocycles. The van der Waals surface area contributed by atoms with Crippen molar-refractivity contribution in [1.82, 2.24) is 5.32 Å². The lowest BCUT2D eigenvalue weighted by Gasteiger charge is -2.36. The highest BCUT2D eigenvalue weighted by Gasteiger charge is 2.51. The van der Waals surface area contributed by atoms with Crippen LogP contribution in [0.1, 0.15) is 36.5 Å². The molecule has 0 spiro atoms. The Morgan fingerprint density at radius 1 is 1.23 bits per heavy atom. The standard InChI is InChI=1S/C20H23F2N3O4.ClH/c1-2-23-8-10-5-6-24(9-10)16-13(21)7-12-15(14(16)22)25(11-3-4-11)17(20(28)29)19(27)18(12)26;/h7,10-11,17,23H,2-6,8-9H2,1H3,(H,28,29);1H. The minimum Gasteiger partial charge on any atom is -0.479 e. The summed E-state index contributed by atoms with van der Waals surface area (Å²) in [6.07, 6.45) is 1.95. The molecule has 2 atom stereocenters. The second kappa shape index (κ2) is 8.47. The largest absolute Gasteiger partial charge is 0.479 e. The van der Waals surface area contributed by atoms with Crippen LogP contribution in [-0.2, 0) is 9.59 Å². The van der Waals surface area contributed by atoms with E-state index in [1.165, 1.54) is 4.90 Å². The van der Waals surface area contributed by atoms with Crippen LogP contribution in [0.3, 0.4) is 0 Å². The van der Waals surface area contributed by atoms with E-state index in [0.717, 1.165) is 25.6 Å². The van der Waals surface area contributed by atoms with Crippen LogP contribution in [-0.4, -0.2) is 60.9 Å². The summed E-state index contributed by atoms with van der Waals surface area (Å²) in [5, 5.41) is 12.7. The zero-order valence-corrected chi connectivity index (χ0v) is 17.3. The number of nitrogens with zero attached hydrogens (tertiary/aromatic N) is 2. The van der Waals surface area contributed by atoms with Crippen LogP contribution in [0.5, 0.6) is 0 Å². The highest BCUT2D eigenvalue weighted by Crippen LogP contribution is 2.44. The lowest BCUT2D eigenvalue weighted by Crippen LogP contribution is -2.55. The van der Waals surface area contributed by atoms with Crippen molar-refractivity contribution in [2.75, 3.05) is 36.0 Å². The van der Waals surface area contributed by atoms with Gasteiger partial charge in [-0.25, -0.2) is 13.6 Å². The third-order valence-electron chi connectivity index (χ3n) is 5.88. The van der Waals surface area contributed by atoms with E-state index in [4.69, 9.17) is 0 Å². The van der Waals surface area contributed by atoms with Crippen molar-refractivity contribution in [2.24, 2.45) is 5.92 Å². The Kier molecular flexibility index (Phi) is 6.33. The third kappa shape index (κ3) is 3.65. The van der Waals surface area contributed by atoms with Crippen molar-refractivity contribution in [3.05, 3.63) is 23.3 Å². The molecule has 2 unspecified atom stereocenters. The summed E-state index contributed by atoms with van der Waals surface area (Å²) in [4.78, 5) is 39.3. The van der Waals surface area contributed by atoms with Crippen molar-refractivity contribution in [1.29, 1.82) is 0 Å². The number of anilines is 2. The molecule has 4 rings (SSSR count). The molecule has 0 radical (unpaired) electrons. The minimum atomic E-state index is -1.77. The van der Waals surface area contributed by atoms with Gasteiger partial charge in [0, 0.05) is 19.1 Å². The fraction of sp³-hybridized carbons (Fsp3) is 0.550. The number of hydrogen-bond acceptors (Lipinski definition) is 6. The van der Waals surface area contributed by atoms with E-state index in [1.807, 2.05) is 6.92 Å². The van der Waals surface area contributed by atoms with Crippen LogP contribution in [0.25, 0.3) is 0 Å². The van der Waals surface area contributed by atoms with E-state index in [0.29, 0.717) is 25.9 Å². The average Bonchev–Trinajstić information content (AvgIpc) is 3.41. The number of halogens is 3. The van der Waals surface area contributed by atoms with Crippen molar-refractivity contribution < 1.29 is 28.3 Å². The van der Waals surface area contributed by atoms with Gasteiger partial charge < -0.3 is 20.2 Å². The monoisotopic (exact) mass is 443 g/mol. The predicted molar refractivity (Wildman–Crippen MR) is 109 cm³/mol. The van der Waals surface area contributed by atoms with Crippen LogP contribution in [0.15, 0.2) is 6.07 Å². The fourth-order valence-corrected chi connectivity index (χ4v) is 4.35. The molecule has 3 aliphatic rings. The van der Waals surface area contributed by atoms with Gasteiger partial charge in [0.05, 0.1) is 11.3 Å². The summed E-state index contributed by atoms with van der Waals surface area (Å²) in [5.74, 6) is -5.44. The molecule has 1 aromatic carbocycles. The molecule has 164 valence electrons. The summed E-state index contributed by atoms with van der Waals surface area (Å²) < 4.78 is 30.5. The number of carboxylic acid groups (broad SMARTS) is 1. The van der Waals surface area contributed by atoms with Crippen LogP contribution >= 0.6 is 12.4 Å². The maximum Gasteiger partial charge on any atom is 0.334 e. The van der Waals surface area contributed by atoms with Crippen molar-refractivity contribution in [2.45, 2.75) is 38.3 Å². The second-order valence-corrected chi connectivity index (χ2v) is 7.90. The SMILES string of the molecule is CCNCC1CCN(c2c(F)cc3c(c2F)N(C2CC2)C(C(=O)O)C(=O)C3=O)C1.Cl. The summed E-state index contributed by atoms with van der Waals surface area (Å²) in [6.45, 7) is 4.45. The van der Waals surface area contributed by atoms with E-state index in [2.05, 4.69) is 5.32 Å². The van der Waals surface area contributed by atoms with Gasteiger partial charge >= 0.3 is 5.97 Å². The van der Waals surface area contributed by atoms with E-state index in [1.54, 1.807) is 4.90 Å². The highest BCUT2D eigenvalue weighted by molar-refractivity contribution is 6.51. The first-order valence-corrected chi connectivity index (χ1v) is 9.92. The van der Waals surface area contributed by atoms with Gasteiger partial charge in [0.25, 0.3) is 0 Å². The summed E-state index contributed by atoms with van der Waals surface area (Å²) in [5.41, 5.74) is -0.891. The Morgan fingerprint density at radius 3 is 2.53 bits per heavy atom. The second-order valence-electron chi connectivity index (χ2n) is 7.90. The average molecular weight is 444 g/mol. The van der Waals surface area contributed by atoms with Crippen LogP contribution in [0.2, 0.25) is 0 Å². The van der Waals surface area contributed by atoms with Gasteiger partial charge in [-0.05, 0) is 44.3 Å². The number of nitrogens with one attached hydrogen (secondary N) is 1. The fourth-order valence-electron chi connectivity index (χ4n) is 4.35. The number of hydrogen-bond donors (Lipinski definition) is 2. The predicted octanol–water partition coefficient (Wildman–Crippen LogP) is 2.01. The molecule has 2 heterocycles. The molecule has 30 heavy (non-hydrogen) atoms. The third-order valence-corrected chi connectivity index (χ3v) is 5.88. The molecule has 1 aliphatic carbocycles. The summed E-state index contributed by atoms with van der Waals surface area (Å²) >= 11 is 0. The molecule has 2 fully saturated rings. The molecular formula is C20H24ClF2N3O4. The Labute approximate surface area is 178 Å². The van der Waals surface area contributed by atoms with Gasteiger partial charge in [-0.15, -0.1) is 12.4 Å². The van der Waals surface area contributed by atoms with E-state index < -0.39 is 35.2 Å². The van der Waals surface area contributed by atoms with Gasteiger partial charge in [-0.3, -0.25) is 9.59 Å². The number of rotatable bonds is 6. The van der Waals surface area contributed by atoms with Gasteiger partial charge in [-0.2, -0.15) is 0 Å². The zero-order valence-electron chi connectivity index (χ0n) is 16.5. The summed E-state index contributed by atoms with van der Waals surface area (Å²) in [6, 6.07) is -1.23. The first-order valence-electron chi connectivity index (χ1n) is 9.92. The Morgan fingerprint density at radius 2 is 1.93 bits per heavy atom. The molecule has 10 heteroatoms. The lowest BCUT2D eigenvalue weighted by molar-refractivity contribution is -0.141. The topological polar surface area (TPSA) is 89.9 Å². The van der Waals surface area contributed by atoms with Gasteiger partial charge in [0.2, 0.25) is 11.6 Å². The van der Waals surface area contributed by atoms with Crippen LogP contribution in [0.4, 0.5) is 20.2 Å². The Balaban J connectivity index is 0.00000256. The molecule has 0 bridgehead atoms. The van der Waals surface area contributed by atoms with Crippen molar-refractivity contribution in [3.8, 4) is 0 Å². The first-order chi connectivity index (χ1) is 13.8. The number of carbonyl (C=O) groups excluding carboxylic acids is 2. The normalized spacial score (nSPS) is 23.4. The molecule has 0 aromatic heterocycles. The number of benzene rings is 1. The van der Waals surface area contributed by atoms with Crippen molar-refractivity contribution in [3.63, 3.8) is 0 Å². The van der Waals surface area contributed by atoms with E-state index in [-0.39, 0.29) is 41.3 Å². The zero-order chi connectivity index (χ0) is 20.9. The Hall–Kier alpha value is -2.26. The number of carbonyl (C=O) groups is 3. The van der Waals surface area contributed by atoms with Gasteiger partial charge in [-0.1, -0.05) is 6.92 Å². The molecule has 1 aromatic rings. The molecule has 1 saturated carbocycles. The quantitative estimate of drug-likeness (QED) is 0.513. The van der Waals surface area contributed by atoms with E-state index in [9.17, 15) is 23.9 Å². The van der Waals surface area contributed by atoms with Crippen LogP contribution < -0.4 is 15.1 Å². The van der Waals surface area contributed by atoms with Crippen molar-refractivity contribution >= 4 is 41.3 Å². The Bertz CT molecular complexity index is 893. The number of aliphatic carboxylic acids is 1. The molecule has 7 nitrogen and oxygen atoms in total. The lowest BCUT2D eigenvalue weighted by atomic mass is 9.91. The minimum absolute atomic E-state index is 0. The number of Topliss-reactive ketones (excluding diaryl/α,β-unsaturated/α-hetero) is 2. The van der Waals surface area contributed by atoms with Gasteiger partial charge in [0.15, 0.2) is 11.9 Å². The molecule has 0 amide bonds.